The molecule has 1 saturated carbocycles. The van der Waals surface area contributed by atoms with Gasteiger partial charge in [-0.2, -0.15) is 0 Å². The van der Waals surface area contributed by atoms with Crippen molar-refractivity contribution in [2.24, 2.45) is 17.8 Å². The summed E-state index contributed by atoms with van der Waals surface area (Å²) in [5.74, 6) is -1.19. The zero-order valence-corrected chi connectivity index (χ0v) is 39.4. The summed E-state index contributed by atoms with van der Waals surface area (Å²) in [6.07, 6.45) is 0.631. The fourth-order valence-electron chi connectivity index (χ4n) is 7.67. The van der Waals surface area contributed by atoms with E-state index < -0.39 is 61.2 Å². The maximum absolute atomic E-state index is 14.1. The highest BCUT2D eigenvalue weighted by molar-refractivity contribution is 9.10. The third-order valence-corrected chi connectivity index (χ3v) is 12.3. The van der Waals surface area contributed by atoms with Gasteiger partial charge < -0.3 is 37.9 Å². The van der Waals surface area contributed by atoms with E-state index in [1.54, 1.807) is 123 Å². The van der Waals surface area contributed by atoms with Crippen molar-refractivity contribution >= 4 is 67.9 Å². The standard InChI is InChI=1S/C50H52Br2O12/c1-30(2)40-25-6-31(3)28-41(40)60-50-47(64-49(56)35-15-19-37(52)20-16-35)46(63-48(55)34-13-17-36(51)18-14-34)45(62-44(54)27-12-33-9-23-39(58-5)24-10-33)42(61-50)29-59-43(53)26-11-32-7-21-38(57-4)22-8-32/h7-24,26-27,30-31,40-42,45-47,50H,6,25,28-29H2,1-5H3/b26-11+,27-12+/t31-,40+,41-,42+,45+,46-,47+,50+/m0/s1. The van der Waals surface area contributed by atoms with Gasteiger partial charge in [0.25, 0.3) is 0 Å². The van der Waals surface area contributed by atoms with Crippen LogP contribution in [0.15, 0.2) is 118 Å². The number of halogens is 2. The van der Waals surface area contributed by atoms with Gasteiger partial charge in [-0.05, 0) is 127 Å². The van der Waals surface area contributed by atoms with E-state index in [4.69, 9.17) is 37.9 Å². The smallest absolute Gasteiger partial charge is 0.338 e. The molecule has 4 aromatic carbocycles. The van der Waals surface area contributed by atoms with E-state index in [2.05, 4.69) is 52.6 Å². The second-order valence-electron chi connectivity index (χ2n) is 16.0. The van der Waals surface area contributed by atoms with Crippen LogP contribution in [0.3, 0.4) is 0 Å². The van der Waals surface area contributed by atoms with Crippen LogP contribution in [0.4, 0.5) is 0 Å². The second-order valence-corrected chi connectivity index (χ2v) is 17.9. The van der Waals surface area contributed by atoms with Gasteiger partial charge in [-0.3, -0.25) is 0 Å². The fraction of sp³-hybridized carbons (Fsp3) is 0.360. The number of rotatable bonds is 16. The summed E-state index contributed by atoms with van der Waals surface area (Å²) in [7, 11) is 3.11. The van der Waals surface area contributed by atoms with E-state index in [-0.39, 0.29) is 29.1 Å². The summed E-state index contributed by atoms with van der Waals surface area (Å²) in [5.41, 5.74) is 1.75. The van der Waals surface area contributed by atoms with E-state index in [0.29, 0.717) is 35.0 Å². The van der Waals surface area contributed by atoms with E-state index in [1.165, 1.54) is 12.2 Å². The van der Waals surface area contributed by atoms with Crippen molar-refractivity contribution in [2.75, 3.05) is 20.8 Å². The molecule has 1 saturated heterocycles. The zero-order chi connectivity index (χ0) is 45.8. The Hall–Kier alpha value is -5.28. The van der Waals surface area contributed by atoms with Gasteiger partial charge in [-0.1, -0.05) is 83.3 Å². The predicted octanol–water partition coefficient (Wildman–Crippen LogP) is 10.1. The molecule has 0 unspecified atom stereocenters. The Morgan fingerprint density at radius 3 is 1.66 bits per heavy atom. The molecular formula is C50H52Br2O12. The van der Waals surface area contributed by atoms with Gasteiger partial charge in [0.2, 0.25) is 0 Å². The molecule has 2 fully saturated rings. The molecule has 12 nitrogen and oxygen atoms in total. The lowest BCUT2D eigenvalue weighted by molar-refractivity contribution is -0.318. The Morgan fingerprint density at radius 2 is 1.16 bits per heavy atom. The largest absolute Gasteiger partial charge is 0.497 e. The van der Waals surface area contributed by atoms with Crippen molar-refractivity contribution < 1.29 is 57.1 Å². The van der Waals surface area contributed by atoms with Crippen LogP contribution in [0, 0.1) is 17.8 Å². The molecule has 0 amide bonds. The molecule has 0 spiro atoms. The third-order valence-electron chi connectivity index (χ3n) is 11.2. The highest BCUT2D eigenvalue weighted by atomic mass is 79.9. The van der Waals surface area contributed by atoms with Crippen molar-refractivity contribution in [2.45, 2.75) is 76.8 Å². The van der Waals surface area contributed by atoms with Crippen molar-refractivity contribution in [3.63, 3.8) is 0 Å². The molecule has 4 aromatic rings. The molecular weight excluding hydrogens is 952 g/mol. The molecule has 6 rings (SSSR count). The van der Waals surface area contributed by atoms with Crippen LogP contribution in [0.25, 0.3) is 12.2 Å². The van der Waals surface area contributed by atoms with Crippen LogP contribution >= 0.6 is 31.9 Å². The van der Waals surface area contributed by atoms with Gasteiger partial charge >= 0.3 is 23.9 Å². The highest BCUT2D eigenvalue weighted by Gasteiger charge is 2.54. The van der Waals surface area contributed by atoms with E-state index in [9.17, 15) is 19.2 Å². The minimum absolute atomic E-state index is 0.115. The lowest BCUT2D eigenvalue weighted by Crippen LogP contribution is -2.63. The van der Waals surface area contributed by atoms with E-state index in [1.807, 2.05) is 0 Å². The van der Waals surface area contributed by atoms with Crippen molar-refractivity contribution in [3.05, 3.63) is 140 Å². The molecule has 0 bridgehead atoms. The third kappa shape index (κ3) is 13.4. The van der Waals surface area contributed by atoms with Gasteiger partial charge in [0.15, 0.2) is 24.6 Å². The van der Waals surface area contributed by atoms with Crippen molar-refractivity contribution in [1.82, 2.24) is 0 Å². The zero-order valence-electron chi connectivity index (χ0n) is 36.2. The quantitative estimate of drug-likeness (QED) is 0.0599. The molecule has 64 heavy (non-hydrogen) atoms. The van der Waals surface area contributed by atoms with Crippen molar-refractivity contribution in [3.8, 4) is 11.5 Å². The summed E-state index contributed by atoms with van der Waals surface area (Å²) >= 11 is 6.81. The number of carbonyl (C=O) groups is 4. The van der Waals surface area contributed by atoms with Crippen LogP contribution in [-0.2, 0) is 38.0 Å². The molecule has 1 aliphatic heterocycles. The first-order valence-corrected chi connectivity index (χ1v) is 22.6. The minimum Gasteiger partial charge on any atom is -0.497 e. The number of hydrogen-bond acceptors (Lipinski definition) is 12. The Balaban J connectivity index is 1.40. The van der Waals surface area contributed by atoms with Crippen LogP contribution in [0.2, 0.25) is 0 Å². The second kappa shape index (κ2) is 23.1. The fourth-order valence-corrected chi connectivity index (χ4v) is 8.20. The maximum Gasteiger partial charge on any atom is 0.338 e. The predicted molar refractivity (Wildman–Crippen MR) is 246 cm³/mol. The molecule has 0 N–H and O–H groups in total. The van der Waals surface area contributed by atoms with Gasteiger partial charge in [-0.25, -0.2) is 19.2 Å². The van der Waals surface area contributed by atoms with Gasteiger partial charge in [-0.15, -0.1) is 0 Å². The normalized spacial score (nSPS) is 23.4. The Bertz CT molecular complexity index is 2240. The number of ether oxygens (including phenoxy) is 8. The summed E-state index contributed by atoms with van der Waals surface area (Å²) in [4.78, 5) is 55.4. The van der Waals surface area contributed by atoms with Gasteiger partial charge in [0, 0.05) is 21.1 Å². The monoisotopic (exact) mass is 1000 g/mol. The maximum atomic E-state index is 14.1. The first kappa shape index (κ1) is 48.2. The molecule has 2 aliphatic rings. The minimum atomic E-state index is -1.54. The van der Waals surface area contributed by atoms with Gasteiger partial charge in [0.05, 0.1) is 31.5 Å². The average molecular weight is 1000 g/mol. The number of benzene rings is 4. The number of methoxy groups -OCH3 is 2. The Kier molecular flexibility index (Phi) is 17.4. The lowest BCUT2D eigenvalue weighted by Gasteiger charge is -2.47. The van der Waals surface area contributed by atoms with Crippen LogP contribution in [-0.4, -0.2) is 81.5 Å². The SMILES string of the molecule is COc1ccc(/C=C/C(=O)OC[C@H]2O[C@@H](O[C@H]3C[C@@H](C)CC[C@@H]3C(C)C)[C@H](OC(=O)c3ccc(Br)cc3)[C@@H](OC(=O)c3ccc(Br)cc3)[C@@H]2OC(=O)/C=C/c2ccc(OC)cc2)cc1. The summed E-state index contributed by atoms with van der Waals surface area (Å²) in [6, 6.07) is 27.1. The average Bonchev–Trinajstić information content (AvgIpc) is 3.29. The number of carbonyl (C=O) groups excluding carboxylic acids is 4. The van der Waals surface area contributed by atoms with Crippen molar-refractivity contribution in [1.29, 1.82) is 0 Å². The highest BCUT2D eigenvalue weighted by Crippen LogP contribution is 2.39. The van der Waals surface area contributed by atoms with Crippen LogP contribution in [0.5, 0.6) is 11.5 Å². The molecule has 0 radical (unpaired) electrons. The molecule has 1 aliphatic carbocycles. The van der Waals surface area contributed by atoms with E-state index >= 15 is 0 Å². The Labute approximate surface area is 390 Å². The first-order valence-electron chi connectivity index (χ1n) is 21.1. The topological polar surface area (TPSA) is 142 Å². The Morgan fingerprint density at radius 1 is 0.656 bits per heavy atom. The van der Waals surface area contributed by atoms with Gasteiger partial charge in [0.1, 0.15) is 24.2 Å². The number of esters is 4. The first-order chi connectivity index (χ1) is 30.8. The molecule has 1 heterocycles. The van der Waals surface area contributed by atoms with Crippen LogP contribution < -0.4 is 9.47 Å². The summed E-state index contributed by atoms with van der Waals surface area (Å²) in [5, 5.41) is 0. The molecule has 14 heteroatoms. The molecule has 0 aromatic heterocycles. The lowest BCUT2D eigenvalue weighted by atomic mass is 9.75. The summed E-state index contributed by atoms with van der Waals surface area (Å²) in [6.45, 7) is 5.94. The van der Waals surface area contributed by atoms with E-state index in [0.717, 1.165) is 21.8 Å². The van der Waals surface area contributed by atoms with Crippen LogP contribution in [0.1, 0.15) is 71.9 Å². The number of hydrogen-bond donors (Lipinski definition) is 0. The summed E-state index contributed by atoms with van der Waals surface area (Å²) < 4.78 is 50.0. The molecule has 338 valence electrons. The molecule has 8 atom stereocenters.